The van der Waals surface area contributed by atoms with Gasteiger partial charge in [-0.25, -0.2) is 4.57 Å². The van der Waals surface area contributed by atoms with Crippen molar-refractivity contribution in [2.24, 2.45) is 7.05 Å². The van der Waals surface area contributed by atoms with Crippen molar-refractivity contribution in [3.8, 4) is 17.2 Å². The summed E-state index contributed by atoms with van der Waals surface area (Å²) < 4.78 is 7.79. The van der Waals surface area contributed by atoms with Gasteiger partial charge in [-0.15, -0.1) is 0 Å². The van der Waals surface area contributed by atoms with E-state index >= 15 is 0 Å². The maximum Gasteiger partial charge on any atom is 0.266 e. The molecule has 0 bridgehead atoms. The number of rotatable bonds is 4. The fraction of sp³-hybridized carbons (Fsp3) is 0.290. The lowest BCUT2D eigenvalue weighted by molar-refractivity contribution is 0.482. The van der Waals surface area contributed by atoms with Crippen LogP contribution >= 0.6 is 0 Å². The maximum atomic E-state index is 12.9. The standard InChI is InChI=1S/C24H16N2O5.C4H10.C3H8/c1-13-3-7-15(8-4-13)31-16-9-5-14(6-10-16)26-23(29)19-11-17-18(12-20(19)24(26)30)22(28)25(2)21(17)27;1-3-4-2;1-3-2/h3-12H,1-2H3;3-4H2,1-2H3;3H2,1-2H3. The molecular weight excluding hydrogens is 480 g/mol. The summed E-state index contributed by atoms with van der Waals surface area (Å²) in [6.45, 7) is 10.6. The number of aromatic nitrogens is 2. The summed E-state index contributed by atoms with van der Waals surface area (Å²) in [4.78, 5) is 50.4. The molecule has 7 nitrogen and oxygen atoms in total. The Morgan fingerprint density at radius 3 is 1.37 bits per heavy atom. The summed E-state index contributed by atoms with van der Waals surface area (Å²) in [6.07, 6.45) is 3.89. The minimum absolute atomic E-state index is 0.111. The highest BCUT2D eigenvalue weighted by Gasteiger charge is 2.19. The normalized spacial score (nSPS) is 10.6. The highest BCUT2D eigenvalue weighted by Crippen LogP contribution is 2.23. The third-order valence-corrected chi connectivity index (χ3v) is 5.95. The number of ether oxygens (including phenoxy) is 1. The summed E-state index contributed by atoms with van der Waals surface area (Å²) in [5.74, 6) is 1.23. The molecule has 0 amide bonds. The highest BCUT2D eigenvalue weighted by atomic mass is 16.5. The molecule has 0 spiro atoms. The third-order valence-electron chi connectivity index (χ3n) is 5.95. The largest absolute Gasteiger partial charge is 0.457 e. The Bertz CT molecular complexity index is 1650. The second-order valence-corrected chi connectivity index (χ2v) is 9.17. The lowest BCUT2D eigenvalue weighted by atomic mass is 10.1. The Hall–Kier alpha value is -4.26. The SMILES string of the molecule is CCC.CCCC.Cc1ccc(Oc2ccc(-n3c(=O)c4cc5c(=O)n(C)c(=O)c5cc4c3=O)cc2)cc1. The van der Waals surface area contributed by atoms with Gasteiger partial charge in [0.2, 0.25) is 0 Å². The van der Waals surface area contributed by atoms with E-state index in [0.717, 1.165) is 14.7 Å². The first-order valence-corrected chi connectivity index (χ1v) is 12.9. The van der Waals surface area contributed by atoms with Crippen molar-refractivity contribution >= 4 is 21.5 Å². The molecule has 2 aromatic heterocycles. The molecule has 5 aromatic rings. The zero-order chi connectivity index (χ0) is 28.0. The van der Waals surface area contributed by atoms with Gasteiger partial charge in [-0.3, -0.25) is 23.7 Å². The minimum Gasteiger partial charge on any atom is -0.457 e. The summed E-state index contributed by atoms with van der Waals surface area (Å²) >= 11 is 0. The Labute approximate surface area is 221 Å². The zero-order valence-electron chi connectivity index (χ0n) is 22.8. The van der Waals surface area contributed by atoms with Crippen LogP contribution < -0.4 is 27.0 Å². The van der Waals surface area contributed by atoms with Crippen LogP contribution in [0.3, 0.4) is 0 Å². The molecule has 2 heterocycles. The fourth-order valence-electron chi connectivity index (χ4n) is 3.73. The smallest absolute Gasteiger partial charge is 0.266 e. The molecule has 0 radical (unpaired) electrons. The van der Waals surface area contributed by atoms with E-state index in [4.69, 9.17) is 4.74 Å². The van der Waals surface area contributed by atoms with Gasteiger partial charge in [0.1, 0.15) is 11.5 Å². The lowest BCUT2D eigenvalue weighted by Crippen LogP contribution is -2.23. The molecule has 0 unspecified atom stereocenters. The van der Waals surface area contributed by atoms with Crippen LogP contribution in [0.1, 0.15) is 52.5 Å². The van der Waals surface area contributed by atoms with E-state index in [1.807, 2.05) is 31.2 Å². The van der Waals surface area contributed by atoms with Gasteiger partial charge in [0.05, 0.1) is 27.2 Å². The van der Waals surface area contributed by atoms with Gasteiger partial charge in [-0.05, 0) is 55.5 Å². The minimum atomic E-state index is -0.537. The Morgan fingerprint density at radius 1 is 0.605 bits per heavy atom. The quantitative estimate of drug-likeness (QED) is 0.304. The molecule has 0 aliphatic rings. The number of hydrogen-bond acceptors (Lipinski definition) is 5. The number of hydrogen-bond donors (Lipinski definition) is 0. The van der Waals surface area contributed by atoms with Crippen LogP contribution in [0.2, 0.25) is 0 Å². The Balaban J connectivity index is 0.000000515. The zero-order valence-corrected chi connectivity index (χ0v) is 22.8. The van der Waals surface area contributed by atoms with Crippen molar-refractivity contribution in [2.75, 3.05) is 0 Å². The molecule has 0 saturated carbocycles. The van der Waals surface area contributed by atoms with E-state index in [2.05, 4.69) is 27.7 Å². The van der Waals surface area contributed by atoms with Gasteiger partial charge in [0, 0.05) is 7.05 Å². The molecule has 0 aliphatic heterocycles. The van der Waals surface area contributed by atoms with Crippen LogP contribution in [0.5, 0.6) is 11.5 Å². The number of benzene rings is 3. The second kappa shape index (κ2) is 12.3. The summed E-state index contributed by atoms with van der Waals surface area (Å²) in [6, 6.07) is 16.8. The van der Waals surface area contributed by atoms with Gasteiger partial charge < -0.3 is 4.74 Å². The first kappa shape index (κ1) is 28.3. The molecule has 0 N–H and O–H groups in total. The second-order valence-electron chi connectivity index (χ2n) is 9.17. The summed E-state index contributed by atoms with van der Waals surface area (Å²) in [5, 5.41) is 0.493. The molecule has 0 saturated heterocycles. The molecular formula is C31H34N2O5. The predicted octanol–water partition coefficient (Wildman–Crippen LogP) is 5.76. The van der Waals surface area contributed by atoms with Gasteiger partial charge in [0.15, 0.2) is 0 Å². The average Bonchev–Trinajstić information content (AvgIpc) is 3.29. The summed E-state index contributed by atoms with van der Waals surface area (Å²) in [5.41, 5.74) is -0.556. The first-order chi connectivity index (χ1) is 18.2. The predicted molar refractivity (Wildman–Crippen MR) is 155 cm³/mol. The first-order valence-electron chi connectivity index (χ1n) is 12.9. The lowest BCUT2D eigenvalue weighted by Gasteiger charge is -2.07. The van der Waals surface area contributed by atoms with Crippen LogP contribution in [0, 0.1) is 6.92 Å². The molecule has 7 heteroatoms. The number of nitrogens with zero attached hydrogens (tertiary/aromatic N) is 2. The molecule has 3 aromatic carbocycles. The van der Waals surface area contributed by atoms with E-state index in [0.29, 0.717) is 17.2 Å². The van der Waals surface area contributed by atoms with Crippen molar-refractivity contribution in [1.29, 1.82) is 0 Å². The number of aryl methyl sites for hydroxylation is 1. The van der Waals surface area contributed by atoms with Gasteiger partial charge >= 0.3 is 0 Å². The number of fused-ring (bicyclic) bond motifs is 2. The van der Waals surface area contributed by atoms with Gasteiger partial charge in [0.25, 0.3) is 22.2 Å². The third kappa shape index (κ3) is 5.67. The van der Waals surface area contributed by atoms with Crippen molar-refractivity contribution in [3.05, 3.63) is 108 Å². The fourth-order valence-corrected chi connectivity index (χ4v) is 3.73. The van der Waals surface area contributed by atoms with Gasteiger partial charge in [-0.1, -0.05) is 64.7 Å². The van der Waals surface area contributed by atoms with Crippen molar-refractivity contribution in [2.45, 2.75) is 53.9 Å². The molecule has 0 fully saturated rings. The van der Waals surface area contributed by atoms with Crippen LogP contribution in [0.25, 0.3) is 27.2 Å². The number of unbranched alkanes of at least 4 members (excludes halogenated alkanes) is 1. The van der Waals surface area contributed by atoms with Crippen molar-refractivity contribution < 1.29 is 4.74 Å². The average molecular weight is 515 g/mol. The monoisotopic (exact) mass is 514 g/mol. The van der Waals surface area contributed by atoms with E-state index in [1.165, 1.54) is 38.4 Å². The van der Waals surface area contributed by atoms with Crippen molar-refractivity contribution in [3.63, 3.8) is 0 Å². The maximum absolute atomic E-state index is 12.9. The molecule has 0 atom stereocenters. The van der Waals surface area contributed by atoms with E-state index in [9.17, 15) is 19.2 Å². The van der Waals surface area contributed by atoms with Crippen LogP contribution in [-0.4, -0.2) is 9.13 Å². The summed E-state index contributed by atoms with van der Waals surface area (Å²) in [7, 11) is 1.37. The van der Waals surface area contributed by atoms with Gasteiger partial charge in [-0.2, -0.15) is 0 Å². The van der Waals surface area contributed by atoms with Crippen LogP contribution in [0.15, 0.2) is 79.8 Å². The topological polar surface area (TPSA) is 87.4 Å². The van der Waals surface area contributed by atoms with E-state index in [1.54, 1.807) is 24.3 Å². The van der Waals surface area contributed by atoms with Crippen LogP contribution in [0.4, 0.5) is 0 Å². The Kier molecular flexibility index (Phi) is 9.18. The molecule has 5 rings (SSSR count). The molecule has 38 heavy (non-hydrogen) atoms. The molecule has 0 aliphatic carbocycles. The van der Waals surface area contributed by atoms with E-state index < -0.39 is 22.2 Å². The Morgan fingerprint density at radius 2 is 0.974 bits per heavy atom. The molecule has 198 valence electrons. The van der Waals surface area contributed by atoms with Crippen LogP contribution in [-0.2, 0) is 7.05 Å². The van der Waals surface area contributed by atoms with E-state index in [-0.39, 0.29) is 21.5 Å². The highest BCUT2D eigenvalue weighted by molar-refractivity contribution is 5.98. The van der Waals surface area contributed by atoms with Crippen molar-refractivity contribution in [1.82, 2.24) is 9.13 Å².